The van der Waals surface area contributed by atoms with E-state index < -0.39 is 0 Å². The topological polar surface area (TPSA) is 120 Å². The zero-order valence-electron chi connectivity index (χ0n) is 14.1. The molecule has 0 saturated carbocycles. The third kappa shape index (κ3) is 3.49. The quantitative estimate of drug-likeness (QED) is 0.728. The van der Waals surface area contributed by atoms with E-state index in [2.05, 4.69) is 9.97 Å². The Morgan fingerprint density at radius 3 is 2.50 bits per heavy atom. The maximum atomic E-state index is 9.37. The van der Waals surface area contributed by atoms with E-state index in [9.17, 15) is 5.26 Å². The SMILES string of the molecule is COc1ccc(-c2nc(N)nc(N)c2C#N)cc1OCc1ccccc1. The summed E-state index contributed by atoms with van der Waals surface area (Å²) < 4.78 is 11.3. The monoisotopic (exact) mass is 347 g/mol. The zero-order valence-corrected chi connectivity index (χ0v) is 14.1. The van der Waals surface area contributed by atoms with Gasteiger partial charge in [-0.3, -0.25) is 0 Å². The van der Waals surface area contributed by atoms with Gasteiger partial charge >= 0.3 is 0 Å². The number of hydrogen-bond acceptors (Lipinski definition) is 7. The lowest BCUT2D eigenvalue weighted by Gasteiger charge is -2.13. The number of ether oxygens (including phenoxy) is 2. The Hall–Kier alpha value is -3.79. The summed E-state index contributed by atoms with van der Waals surface area (Å²) in [5.74, 6) is 1.13. The average molecular weight is 347 g/mol. The van der Waals surface area contributed by atoms with Crippen LogP contribution in [0.3, 0.4) is 0 Å². The zero-order chi connectivity index (χ0) is 18.5. The van der Waals surface area contributed by atoms with Gasteiger partial charge in [0.05, 0.1) is 12.8 Å². The van der Waals surface area contributed by atoms with Gasteiger partial charge in [0.15, 0.2) is 11.5 Å². The predicted molar refractivity (Wildman–Crippen MR) is 98.3 cm³/mol. The Balaban J connectivity index is 1.99. The second-order valence-corrected chi connectivity index (χ2v) is 5.44. The smallest absolute Gasteiger partial charge is 0.222 e. The molecule has 0 amide bonds. The second kappa shape index (κ2) is 7.40. The molecule has 3 rings (SSSR count). The van der Waals surface area contributed by atoms with Gasteiger partial charge in [-0.25, -0.2) is 4.98 Å². The van der Waals surface area contributed by atoms with E-state index in [1.165, 1.54) is 0 Å². The summed E-state index contributed by atoms with van der Waals surface area (Å²) in [6, 6.07) is 17.0. The minimum absolute atomic E-state index is 0.000859. The van der Waals surface area contributed by atoms with Crippen LogP contribution in [0, 0.1) is 11.3 Å². The molecule has 0 saturated heterocycles. The molecule has 0 atom stereocenters. The van der Waals surface area contributed by atoms with E-state index in [4.69, 9.17) is 20.9 Å². The van der Waals surface area contributed by atoms with Crippen LogP contribution < -0.4 is 20.9 Å². The fraction of sp³-hybridized carbons (Fsp3) is 0.105. The van der Waals surface area contributed by atoms with Crippen LogP contribution in [0.2, 0.25) is 0 Å². The van der Waals surface area contributed by atoms with Crippen molar-refractivity contribution in [3.05, 3.63) is 59.7 Å². The molecular weight excluding hydrogens is 330 g/mol. The number of hydrogen-bond donors (Lipinski definition) is 2. The van der Waals surface area contributed by atoms with Crippen molar-refractivity contribution in [1.82, 2.24) is 9.97 Å². The number of benzene rings is 2. The third-order valence-corrected chi connectivity index (χ3v) is 3.74. The number of aromatic nitrogens is 2. The summed E-state index contributed by atoms with van der Waals surface area (Å²) >= 11 is 0. The van der Waals surface area contributed by atoms with Crippen LogP contribution in [0.1, 0.15) is 11.1 Å². The van der Waals surface area contributed by atoms with Crippen molar-refractivity contribution in [1.29, 1.82) is 5.26 Å². The van der Waals surface area contributed by atoms with Crippen molar-refractivity contribution >= 4 is 11.8 Å². The number of anilines is 2. The van der Waals surface area contributed by atoms with Gasteiger partial charge < -0.3 is 20.9 Å². The highest BCUT2D eigenvalue weighted by atomic mass is 16.5. The van der Waals surface area contributed by atoms with Gasteiger partial charge in [0.2, 0.25) is 5.95 Å². The third-order valence-electron chi connectivity index (χ3n) is 3.74. The van der Waals surface area contributed by atoms with Crippen LogP contribution in [0.5, 0.6) is 11.5 Å². The lowest BCUT2D eigenvalue weighted by atomic mass is 10.1. The highest BCUT2D eigenvalue weighted by Crippen LogP contribution is 2.34. The van der Waals surface area contributed by atoms with E-state index >= 15 is 0 Å². The van der Waals surface area contributed by atoms with E-state index in [0.717, 1.165) is 5.56 Å². The summed E-state index contributed by atoms with van der Waals surface area (Å²) in [5.41, 5.74) is 13.6. The van der Waals surface area contributed by atoms with Crippen molar-refractivity contribution in [3.8, 4) is 28.8 Å². The molecule has 1 heterocycles. The summed E-state index contributed by atoms with van der Waals surface area (Å²) in [5, 5.41) is 9.37. The number of nitrogens with zero attached hydrogens (tertiary/aromatic N) is 3. The van der Waals surface area contributed by atoms with Gasteiger partial charge in [-0.1, -0.05) is 30.3 Å². The first-order valence-electron chi connectivity index (χ1n) is 7.80. The molecule has 0 aliphatic heterocycles. The number of methoxy groups -OCH3 is 1. The Kier molecular flexibility index (Phi) is 4.85. The van der Waals surface area contributed by atoms with Crippen molar-refractivity contribution in [2.24, 2.45) is 0 Å². The molecule has 0 aliphatic carbocycles. The van der Waals surface area contributed by atoms with Crippen LogP contribution in [-0.4, -0.2) is 17.1 Å². The molecule has 7 nitrogen and oxygen atoms in total. The number of nitrogen functional groups attached to an aromatic ring is 2. The first-order valence-corrected chi connectivity index (χ1v) is 7.80. The van der Waals surface area contributed by atoms with Gasteiger partial charge in [0, 0.05) is 5.56 Å². The van der Waals surface area contributed by atoms with Crippen molar-refractivity contribution in [2.45, 2.75) is 6.61 Å². The Morgan fingerprint density at radius 2 is 1.81 bits per heavy atom. The van der Waals surface area contributed by atoms with Crippen LogP contribution in [-0.2, 0) is 6.61 Å². The van der Waals surface area contributed by atoms with E-state index in [1.54, 1.807) is 25.3 Å². The van der Waals surface area contributed by atoms with Crippen molar-refractivity contribution in [2.75, 3.05) is 18.6 Å². The number of nitrogens with two attached hydrogens (primary N) is 2. The standard InChI is InChI=1S/C19H17N5O2/c1-25-15-8-7-13(17-14(10-20)18(21)24-19(22)23-17)9-16(15)26-11-12-5-3-2-4-6-12/h2-9H,11H2,1H3,(H4,21,22,23,24). The first kappa shape index (κ1) is 17.0. The van der Waals surface area contributed by atoms with E-state index in [-0.39, 0.29) is 17.3 Å². The molecule has 1 aromatic heterocycles. The van der Waals surface area contributed by atoms with Crippen molar-refractivity contribution < 1.29 is 9.47 Å². The van der Waals surface area contributed by atoms with Gasteiger partial charge in [-0.05, 0) is 23.8 Å². The minimum Gasteiger partial charge on any atom is -0.493 e. The van der Waals surface area contributed by atoms with Gasteiger partial charge in [0.1, 0.15) is 24.1 Å². The van der Waals surface area contributed by atoms with Crippen LogP contribution in [0.25, 0.3) is 11.3 Å². The second-order valence-electron chi connectivity index (χ2n) is 5.44. The number of nitriles is 1. The van der Waals surface area contributed by atoms with E-state index in [0.29, 0.717) is 29.4 Å². The van der Waals surface area contributed by atoms with Crippen molar-refractivity contribution in [3.63, 3.8) is 0 Å². The molecule has 4 N–H and O–H groups in total. The van der Waals surface area contributed by atoms with E-state index in [1.807, 2.05) is 36.4 Å². The first-order chi connectivity index (χ1) is 12.6. The van der Waals surface area contributed by atoms with Gasteiger partial charge in [-0.15, -0.1) is 0 Å². The highest BCUT2D eigenvalue weighted by molar-refractivity contribution is 5.74. The Bertz CT molecular complexity index is 968. The normalized spacial score (nSPS) is 10.2. The molecule has 26 heavy (non-hydrogen) atoms. The fourth-order valence-corrected chi connectivity index (χ4v) is 2.49. The maximum Gasteiger partial charge on any atom is 0.222 e. The minimum atomic E-state index is -0.000859. The molecule has 7 heteroatoms. The van der Waals surface area contributed by atoms with Crippen LogP contribution >= 0.6 is 0 Å². The molecule has 0 aliphatic rings. The highest BCUT2D eigenvalue weighted by Gasteiger charge is 2.15. The van der Waals surface area contributed by atoms with Gasteiger partial charge in [-0.2, -0.15) is 10.2 Å². The average Bonchev–Trinajstić information content (AvgIpc) is 2.66. The van der Waals surface area contributed by atoms with Gasteiger partial charge in [0.25, 0.3) is 0 Å². The molecule has 0 fully saturated rings. The molecule has 0 spiro atoms. The summed E-state index contributed by atoms with van der Waals surface area (Å²) in [4.78, 5) is 7.99. The molecule has 0 bridgehead atoms. The summed E-state index contributed by atoms with van der Waals surface area (Å²) in [6.45, 7) is 0.375. The lowest BCUT2D eigenvalue weighted by Crippen LogP contribution is -2.05. The molecule has 130 valence electrons. The predicted octanol–water partition coefficient (Wildman–Crippen LogP) is 2.77. The van der Waals surface area contributed by atoms with Crippen LogP contribution in [0.4, 0.5) is 11.8 Å². The molecule has 0 radical (unpaired) electrons. The Labute approximate surface area is 150 Å². The molecule has 3 aromatic rings. The maximum absolute atomic E-state index is 9.37. The number of rotatable bonds is 5. The largest absolute Gasteiger partial charge is 0.493 e. The molecule has 2 aromatic carbocycles. The van der Waals surface area contributed by atoms with Crippen LogP contribution in [0.15, 0.2) is 48.5 Å². The summed E-state index contributed by atoms with van der Waals surface area (Å²) in [7, 11) is 1.56. The fourth-order valence-electron chi connectivity index (χ4n) is 2.49. The Morgan fingerprint density at radius 1 is 1.04 bits per heavy atom. The molecular formula is C19H17N5O2. The lowest BCUT2D eigenvalue weighted by molar-refractivity contribution is 0.284. The summed E-state index contributed by atoms with van der Waals surface area (Å²) in [6.07, 6.45) is 0. The molecule has 0 unspecified atom stereocenters.